The number of hydrogen-bond donors (Lipinski definition) is 0. The summed E-state index contributed by atoms with van der Waals surface area (Å²) in [7, 11) is 1.63. The predicted molar refractivity (Wildman–Crippen MR) is 119 cm³/mol. The third kappa shape index (κ3) is 6.22. The summed E-state index contributed by atoms with van der Waals surface area (Å²) in [6.45, 7) is 11.6. The molecule has 2 heterocycles. The van der Waals surface area contributed by atoms with E-state index < -0.39 is 0 Å². The molecular weight excluding hydrogens is 380 g/mol. The Balaban J connectivity index is 1.49. The Morgan fingerprint density at radius 1 is 1.17 bits per heavy atom. The molecule has 2 aliphatic rings. The highest BCUT2D eigenvalue weighted by atomic mass is 16.5. The molecule has 0 spiro atoms. The van der Waals surface area contributed by atoms with Gasteiger partial charge in [-0.1, -0.05) is 6.07 Å². The molecule has 0 bridgehead atoms. The average molecular weight is 417 g/mol. The number of methoxy groups -OCH3 is 1. The molecule has 2 aliphatic heterocycles. The first-order valence-corrected chi connectivity index (χ1v) is 11.1. The van der Waals surface area contributed by atoms with Crippen LogP contribution < -0.4 is 9.47 Å². The molecule has 0 N–H and O–H groups in total. The van der Waals surface area contributed by atoms with Gasteiger partial charge in [-0.15, -0.1) is 0 Å². The number of piperidine rings is 1. The first-order chi connectivity index (χ1) is 14.5. The van der Waals surface area contributed by atoms with Crippen LogP contribution in [0.4, 0.5) is 0 Å². The fraction of sp³-hybridized carbons (Fsp3) is 0.625. The van der Waals surface area contributed by atoms with Crippen LogP contribution in [0.1, 0.15) is 39.2 Å². The van der Waals surface area contributed by atoms with Gasteiger partial charge in [0, 0.05) is 38.8 Å². The number of carbonyl (C=O) groups is 1. The van der Waals surface area contributed by atoms with Crippen molar-refractivity contribution in [2.24, 2.45) is 5.92 Å². The molecule has 1 aromatic rings. The van der Waals surface area contributed by atoms with E-state index in [9.17, 15) is 4.79 Å². The molecule has 2 unspecified atom stereocenters. The fourth-order valence-electron chi connectivity index (χ4n) is 4.47. The van der Waals surface area contributed by atoms with Gasteiger partial charge in [0.2, 0.25) is 5.91 Å². The van der Waals surface area contributed by atoms with Crippen molar-refractivity contribution in [1.29, 1.82) is 0 Å². The maximum Gasteiger partial charge on any atom is 0.246 e. The van der Waals surface area contributed by atoms with E-state index in [1.807, 2.05) is 36.1 Å². The van der Waals surface area contributed by atoms with E-state index in [0.29, 0.717) is 36.2 Å². The van der Waals surface area contributed by atoms with E-state index in [0.717, 1.165) is 51.1 Å². The first-order valence-electron chi connectivity index (χ1n) is 11.1. The minimum absolute atomic E-state index is 0.0795. The van der Waals surface area contributed by atoms with Gasteiger partial charge < -0.3 is 19.1 Å². The second-order valence-electron chi connectivity index (χ2n) is 8.42. The lowest BCUT2D eigenvalue weighted by Gasteiger charge is -2.39. The summed E-state index contributed by atoms with van der Waals surface area (Å²) in [5, 5.41) is 0. The van der Waals surface area contributed by atoms with E-state index in [1.165, 1.54) is 0 Å². The Hall–Kier alpha value is -2.05. The molecule has 2 fully saturated rings. The number of amides is 1. The SMILES string of the molecule is CCOc1cc(/C=C/C(=O)N2CCC(CN3CC(C)OC(C)C3)CC2)ccc1OC. The zero-order chi connectivity index (χ0) is 21.5. The highest BCUT2D eigenvalue weighted by Gasteiger charge is 2.27. The van der Waals surface area contributed by atoms with E-state index in [2.05, 4.69) is 18.7 Å². The lowest BCUT2D eigenvalue weighted by Crippen LogP contribution is -2.48. The van der Waals surface area contributed by atoms with Crippen LogP contribution in [0, 0.1) is 5.92 Å². The zero-order valence-corrected chi connectivity index (χ0v) is 18.8. The Labute approximate surface area is 180 Å². The molecule has 3 rings (SSSR count). The highest BCUT2D eigenvalue weighted by Crippen LogP contribution is 2.28. The van der Waals surface area contributed by atoms with Gasteiger partial charge in [-0.25, -0.2) is 0 Å². The summed E-state index contributed by atoms with van der Waals surface area (Å²) in [5.41, 5.74) is 0.929. The van der Waals surface area contributed by atoms with Gasteiger partial charge in [0.15, 0.2) is 11.5 Å². The third-order valence-electron chi connectivity index (χ3n) is 5.84. The standard InChI is InChI=1S/C24H36N2O4/c1-5-29-23-14-20(6-8-22(23)28-4)7-9-24(27)26-12-10-21(11-13-26)17-25-15-18(2)30-19(3)16-25/h6-9,14,18-19,21H,5,10-13,15-17H2,1-4H3/b9-7+. The van der Waals surface area contributed by atoms with Crippen molar-refractivity contribution in [3.8, 4) is 11.5 Å². The van der Waals surface area contributed by atoms with Crippen LogP contribution in [0.2, 0.25) is 0 Å². The van der Waals surface area contributed by atoms with E-state index in [-0.39, 0.29) is 5.91 Å². The fourth-order valence-corrected chi connectivity index (χ4v) is 4.47. The van der Waals surface area contributed by atoms with Crippen LogP contribution in [0.25, 0.3) is 6.08 Å². The minimum atomic E-state index is 0.0795. The number of ether oxygens (including phenoxy) is 3. The zero-order valence-electron chi connectivity index (χ0n) is 18.8. The number of carbonyl (C=O) groups excluding carboxylic acids is 1. The lowest BCUT2D eigenvalue weighted by molar-refractivity contribution is -0.127. The van der Waals surface area contributed by atoms with Gasteiger partial charge in [0.25, 0.3) is 0 Å². The van der Waals surface area contributed by atoms with Gasteiger partial charge >= 0.3 is 0 Å². The van der Waals surface area contributed by atoms with Gasteiger partial charge in [0.1, 0.15) is 0 Å². The van der Waals surface area contributed by atoms with Crippen molar-refractivity contribution in [3.63, 3.8) is 0 Å². The molecule has 2 atom stereocenters. The van der Waals surface area contributed by atoms with Crippen LogP contribution in [0.15, 0.2) is 24.3 Å². The van der Waals surface area contributed by atoms with Crippen molar-refractivity contribution in [2.75, 3.05) is 46.4 Å². The number of likely N-dealkylation sites (tertiary alicyclic amines) is 1. The summed E-state index contributed by atoms with van der Waals surface area (Å²) >= 11 is 0. The van der Waals surface area contributed by atoms with Crippen LogP contribution in [0.3, 0.4) is 0 Å². The van der Waals surface area contributed by atoms with Crippen LogP contribution in [-0.4, -0.2) is 74.4 Å². The first kappa shape index (κ1) is 22.6. The predicted octanol–water partition coefficient (Wildman–Crippen LogP) is 3.45. The molecule has 6 heteroatoms. The van der Waals surface area contributed by atoms with Gasteiger partial charge in [0.05, 0.1) is 25.9 Å². The highest BCUT2D eigenvalue weighted by molar-refractivity contribution is 5.91. The molecule has 0 saturated carbocycles. The smallest absolute Gasteiger partial charge is 0.246 e. The van der Waals surface area contributed by atoms with Crippen molar-refractivity contribution < 1.29 is 19.0 Å². The van der Waals surface area contributed by atoms with Gasteiger partial charge in [-0.05, 0) is 63.3 Å². The Morgan fingerprint density at radius 2 is 1.87 bits per heavy atom. The van der Waals surface area contributed by atoms with Crippen LogP contribution in [-0.2, 0) is 9.53 Å². The van der Waals surface area contributed by atoms with E-state index in [1.54, 1.807) is 13.2 Å². The Bertz CT molecular complexity index is 718. The monoisotopic (exact) mass is 416 g/mol. The Kier molecular flexibility index (Phi) is 8.16. The summed E-state index contributed by atoms with van der Waals surface area (Å²) in [4.78, 5) is 17.1. The molecular formula is C24H36N2O4. The number of rotatable bonds is 7. The van der Waals surface area contributed by atoms with Crippen LogP contribution in [0.5, 0.6) is 11.5 Å². The molecule has 166 valence electrons. The number of nitrogens with zero attached hydrogens (tertiary/aromatic N) is 2. The molecule has 1 aromatic carbocycles. The van der Waals surface area contributed by atoms with Gasteiger partial charge in [-0.2, -0.15) is 0 Å². The maximum absolute atomic E-state index is 12.6. The van der Waals surface area contributed by atoms with E-state index in [4.69, 9.17) is 14.2 Å². The molecule has 1 amide bonds. The lowest BCUT2D eigenvalue weighted by atomic mass is 9.95. The number of hydrogen-bond acceptors (Lipinski definition) is 5. The van der Waals surface area contributed by atoms with E-state index >= 15 is 0 Å². The van der Waals surface area contributed by atoms with Crippen molar-refractivity contribution in [3.05, 3.63) is 29.8 Å². The summed E-state index contributed by atoms with van der Waals surface area (Å²) < 4.78 is 16.8. The topological polar surface area (TPSA) is 51.2 Å². The van der Waals surface area contributed by atoms with Crippen molar-refractivity contribution in [1.82, 2.24) is 9.80 Å². The quantitative estimate of drug-likeness (QED) is 0.637. The molecule has 30 heavy (non-hydrogen) atoms. The Morgan fingerprint density at radius 3 is 2.50 bits per heavy atom. The average Bonchev–Trinajstić information content (AvgIpc) is 2.72. The summed E-state index contributed by atoms with van der Waals surface area (Å²) in [6.07, 6.45) is 6.27. The number of morpholine rings is 1. The normalized spacial score (nSPS) is 23.7. The summed E-state index contributed by atoms with van der Waals surface area (Å²) in [5.74, 6) is 2.13. The second kappa shape index (κ2) is 10.8. The molecule has 0 aromatic heterocycles. The molecule has 0 radical (unpaired) electrons. The summed E-state index contributed by atoms with van der Waals surface area (Å²) in [6, 6.07) is 5.71. The van der Waals surface area contributed by atoms with Crippen molar-refractivity contribution in [2.45, 2.75) is 45.8 Å². The minimum Gasteiger partial charge on any atom is -0.493 e. The van der Waals surface area contributed by atoms with Crippen molar-refractivity contribution >= 4 is 12.0 Å². The third-order valence-corrected chi connectivity index (χ3v) is 5.84. The largest absolute Gasteiger partial charge is 0.493 e. The second-order valence-corrected chi connectivity index (χ2v) is 8.42. The molecule has 0 aliphatic carbocycles. The van der Waals surface area contributed by atoms with Crippen LogP contribution >= 0.6 is 0 Å². The molecule has 6 nitrogen and oxygen atoms in total. The molecule has 2 saturated heterocycles. The number of benzene rings is 1. The maximum atomic E-state index is 12.6. The van der Waals surface area contributed by atoms with Gasteiger partial charge in [-0.3, -0.25) is 9.69 Å².